The molecular formula is C12H22N4O. The molecule has 0 bridgehead atoms. The molecule has 96 valence electrons. The second-order valence-electron chi connectivity index (χ2n) is 4.68. The zero-order valence-corrected chi connectivity index (χ0v) is 10.5. The van der Waals surface area contributed by atoms with Crippen LogP contribution in [0.2, 0.25) is 0 Å². The summed E-state index contributed by atoms with van der Waals surface area (Å²) in [5.41, 5.74) is 1.14. The van der Waals surface area contributed by atoms with Crippen LogP contribution in [-0.4, -0.2) is 64.0 Å². The average molecular weight is 238 g/mol. The number of rotatable bonds is 4. The summed E-state index contributed by atoms with van der Waals surface area (Å²) in [6.45, 7) is 6.34. The Bertz CT molecular complexity index is 339. The zero-order chi connectivity index (χ0) is 12.1. The number of nitrogens with zero attached hydrogens (tertiary/aromatic N) is 4. The van der Waals surface area contributed by atoms with Crippen LogP contribution in [0.25, 0.3) is 0 Å². The minimum Gasteiger partial charge on any atom is -0.395 e. The molecule has 0 spiro atoms. The molecule has 0 atom stereocenters. The second-order valence-corrected chi connectivity index (χ2v) is 4.68. The summed E-state index contributed by atoms with van der Waals surface area (Å²) in [6.07, 6.45) is 3.16. The predicted octanol–water partition coefficient (Wildman–Crippen LogP) is -0.0799. The number of aliphatic hydroxyl groups excluding tert-OH is 1. The monoisotopic (exact) mass is 238 g/mol. The van der Waals surface area contributed by atoms with Gasteiger partial charge in [-0.3, -0.25) is 14.5 Å². The number of hydrogen-bond acceptors (Lipinski definition) is 4. The number of aromatic nitrogens is 2. The Kier molecular flexibility index (Phi) is 4.53. The number of hydrogen-bond donors (Lipinski definition) is 1. The zero-order valence-electron chi connectivity index (χ0n) is 10.5. The minimum absolute atomic E-state index is 0.264. The van der Waals surface area contributed by atoms with E-state index in [4.69, 9.17) is 5.11 Å². The van der Waals surface area contributed by atoms with E-state index in [0.717, 1.165) is 45.0 Å². The molecule has 0 unspecified atom stereocenters. The van der Waals surface area contributed by atoms with Gasteiger partial charge in [0.1, 0.15) is 0 Å². The topological polar surface area (TPSA) is 44.5 Å². The maximum Gasteiger partial charge on any atom is 0.0764 e. The van der Waals surface area contributed by atoms with Crippen LogP contribution in [0, 0.1) is 0 Å². The van der Waals surface area contributed by atoms with Gasteiger partial charge in [-0.2, -0.15) is 5.10 Å². The number of aliphatic hydroxyl groups is 1. The van der Waals surface area contributed by atoms with E-state index in [-0.39, 0.29) is 6.61 Å². The number of β-amino-alcohol motifs (C(OH)–C–C–N with tert-alkyl or cyclic N) is 1. The molecule has 0 saturated carbocycles. The molecule has 1 saturated heterocycles. The Hall–Kier alpha value is -0.910. The first-order valence-corrected chi connectivity index (χ1v) is 6.32. The molecule has 1 aliphatic heterocycles. The molecule has 0 aliphatic carbocycles. The molecule has 1 fully saturated rings. The maximum atomic E-state index is 8.95. The van der Waals surface area contributed by atoms with E-state index in [1.165, 1.54) is 6.42 Å². The molecular weight excluding hydrogens is 216 g/mol. The van der Waals surface area contributed by atoms with Crippen LogP contribution in [0.5, 0.6) is 0 Å². The lowest BCUT2D eigenvalue weighted by molar-refractivity contribution is 0.195. The molecule has 0 aromatic carbocycles. The molecule has 5 nitrogen and oxygen atoms in total. The molecule has 1 aromatic heterocycles. The van der Waals surface area contributed by atoms with Gasteiger partial charge >= 0.3 is 0 Å². The molecule has 5 heteroatoms. The largest absolute Gasteiger partial charge is 0.395 e. The van der Waals surface area contributed by atoms with E-state index in [9.17, 15) is 0 Å². The van der Waals surface area contributed by atoms with Crippen molar-refractivity contribution in [2.45, 2.75) is 13.0 Å². The van der Waals surface area contributed by atoms with Crippen molar-refractivity contribution in [1.82, 2.24) is 19.6 Å². The van der Waals surface area contributed by atoms with Crippen LogP contribution in [0.1, 0.15) is 12.1 Å². The van der Waals surface area contributed by atoms with E-state index < -0.39 is 0 Å². The highest BCUT2D eigenvalue weighted by molar-refractivity contribution is 4.98. The minimum atomic E-state index is 0.264. The van der Waals surface area contributed by atoms with Crippen LogP contribution in [0.3, 0.4) is 0 Å². The van der Waals surface area contributed by atoms with Crippen molar-refractivity contribution in [2.75, 3.05) is 39.3 Å². The normalized spacial score (nSPS) is 19.4. The van der Waals surface area contributed by atoms with E-state index in [1.807, 2.05) is 17.9 Å². The SMILES string of the molecule is Cn1ccc(CN2CCCN(CCO)CC2)n1. The third-order valence-corrected chi connectivity index (χ3v) is 3.25. The van der Waals surface area contributed by atoms with Gasteiger partial charge in [-0.05, 0) is 25.6 Å². The summed E-state index contributed by atoms with van der Waals surface area (Å²) in [6, 6.07) is 2.08. The van der Waals surface area contributed by atoms with Gasteiger partial charge in [0.25, 0.3) is 0 Å². The molecule has 2 rings (SSSR count). The quantitative estimate of drug-likeness (QED) is 0.797. The second kappa shape index (κ2) is 6.14. The van der Waals surface area contributed by atoms with Gasteiger partial charge in [-0.25, -0.2) is 0 Å². The number of aryl methyl sites for hydroxylation is 1. The molecule has 1 N–H and O–H groups in total. The van der Waals surface area contributed by atoms with Gasteiger partial charge in [-0.15, -0.1) is 0 Å². The predicted molar refractivity (Wildman–Crippen MR) is 66.6 cm³/mol. The van der Waals surface area contributed by atoms with Crippen LogP contribution in [0.4, 0.5) is 0 Å². The Morgan fingerprint density at radius 1 is 1.24 bits per heavy atom. The molecule has 0 radical (unpaired) electrons. The van der Waals surface area contributed by atoms with Crippen molar-refractivity contribution in [1.29, 1.82) is 0 Å². The van der Waals surface area contributed by atoms with E-state index in [2.05, 4.69) is 21.0 Å². The van der Waals surface area contributed by atoms with Gasteiger partial charge in [0.05, 0.1) is 12.3 Å². The van der Waals surface area contributed by atoms with Crippen LogP contribution in [0.15, 0.2) is 12.3 Å². The highest BCUT2D eigenvalue weighted by Gasteiger charge is 2.15. The van der Waals surface area contributed by atoms with Gasteiger partial charge in [0.2, 0.25) is 0 Å². The molecule has 1 aliphatic rings. The van der Waals surface area contributed by atoms with Gasteiger partial charge in [0, 0.05) is 39.4 Å². The van der Waals surface area contributed by atoms with E-state index in [1.54, 1.807) is 0 Å². The lowest BCUT2D eigenvalue weighted by Gasteiger charge is -2.20. The highest BCUT2D eigenvalue weighted by atomic mass is 16.3. The van der Waals surface area contributed by atoms with Crippen molar-refractivity contribution in [3.63, 3.8) is 0 Å². The Morgan fingerprint density at radius 2 is 2.00 bits per heavy atom. The van der Waals surface area contributed by atoms with Crippen LogP contribution >= 0.6 is 0 Å². The fourth-order valence-electron chi connectivity index (χ4n) is 2.32. The van der Waals surface area contributed by atoms with Crippen molar-refractivity contribution in [3.8, 4) is 0 Å². The third-order valence-electron chi connectivity index (χ3n) is 3.25. The van der Waals surface area contributed by atoms with Gasteiger partial charge in [0.15, 0.2) is 0 Å². The lowest BCUT2D eigenvalue weighted by atomic mass is 10.3. The van der Waals surface area contributed by atoms with E-state index >= 15 is 0 Å². The first kappa shape index (κ1) is 12.5. The third kappa shape index (κ3) is 3.80. The first-order valence-electron chi connectivity index (χ1n) is 6.32. The summed E-state index contributed by atoms with van der Waals surface area (Å²) in [5, 5.41) is 13.4. The maximum absolute atomic E-state index is 8.95. The lowest BCUT2D eigenvalue weighted by Crippen LogP contribution is -2.32. The van der Waals surface area contributed by atoms with E-state index in [0.29, 0.717) is 0 Å². The summed E-state index contributed by atoms with van der Waals surface area (Å²) in [4.78, 5) is 4.78. The summed E-state index contributed by atoms with van der Waals surface area (Å²) in [7, 11) is 1.95. The fourth-order valence-corrected chi connectivity index (χ4v) is 2.32. The molecule has 1 aromatic rings. The molecule has 17 heavy (non-hydrogen) atoms. The van der Waals surface area contributed by atoms with Gasteiger partial charge < -0.3 is 5.11 Å². The van der Waals surface area contributed by atoms with Crippen LogP contribution < -0.4 is 0 Å². The van der Waals surface area contributed by atoms with Crippen molar-refractivity contribution in [3.05, 3.63) is 18.0 Å². The molecule has 2 heterocycles. The summed E-state index contributed by atoms with van der Waals surface area (Å²) >= 11 is 0. The molecule has 0 amide bonds. The highest BCUT2D eigenvalue weighted by Crippen LogP contribution is 2.07. The van der Waals surface area contributed by atoms with Gasteiger partial charge in [-0.1, -0.05) is 0 Å². The van der Waals surface area contributed by atoms with Crippen molar-refractivity contribution in [2.24, 2.45) is 7.05 Å². The van der Waals surface area contributed by atoms with Crippen molar-refractivity contribution < 1.29 is 5.11 Å². The summed E-state index contributed by atoms with van der Waals surface area (Å²) in [5.74, 6) is 0. The first-order chi connectivity index (χ1) is 8.28. The standard InChI is InChI=1S/C12H22N4O/c1-14-6-3-12(13-14)11-16-5-2-4-15(7-8-16)9-10-17/h3,6,17H,2,4-5,7-11H2,1H3. The fraction of sp³-hybridized carbons (Fsp3) is 0.750. The Balaban J connectivity index is 1.82. The van der Waals surface area contributed by atoms with Crippen molar-refractivity contribution >= 4 is 0 Å². The smallest absolute Gasteiger partial charge is 0.0764 e. The Labute approximate surface area is 103 Å². The Morgan fingerprint density at radius 3 is 2.71 bits per heavy atom. The van der Waals surface area contributed by atoms with Crippen LogP contribution in [-0.2, 0) is 13.6 Å². The summed E-state index contributed by atoms with van der Waals surface area (Å²) < 4.78 is 1.85. The average Bonchev–Trinajstić information content (AvgIpc) is 2.58.